The molecule has 0 spiro atoms. The molecule has 0 atom stereocenters. The largest absolute Gasteiger partial charge is 0.334 e. The van der Waals surface area contributed by atoms with E-state index in [2.05, 4.69) is 97.5 Å². The van der Waals surface area contributed by atoms with E-state index >= 15 is 0 Å². The van der Waals surface area contributed by atoms with Crippen molar-refractivity contribution < 1.29 is 0 Å². The summed E-state index contributed by atoms with van der Waals surface area (Å²) in [7, 11) is 0. The molecule has 0 N–H and O–H groups in total. The third kappa shape index (κ3) is 14.5. The Balaban J connectivity index is 1.44. The van der Waals surface area contributed by atoms with E-state index in [4.69, 9.17) is 0 Å². The lowest BCUT2D eigenvalue weighted by Gasteiger charge is -2.24. The minimum Gasteiger partial charge on any atom is -0.334 e. The molecule has 0 aliphatic heterocycles. The first-order chi connectivity index (χ1) is 35.9. The van der Waals surface area contributed by atoms with Crippen LogP contribution in [0.15, 0.2) is 47.5 Å². The number of hydrogen-bond donors (Lipinski definition) is 0. The highest BCUT2D eigenvalue weighted by atomic mass is 32.1. The number of nitrogens with zero attached hydrogens (tertiary/aromatic N) is 6. The Kier molecular flexibility index (Phi) is 22.8. The molecule has 11 heteroatoms. The lowest BCUT2D eigenvalue weighted by Crippen LogP contribution is -2.12. The maximum Gasteiger partial charge on any atom is 0.131 e. The number of unbranched alkanes of at least 4 members (excludes halogenated alkanes) is 20. The lowest BCUT2D eigenvalue weighted by molar-refractivity contribution is 0.405. The Morgan fingerprint density at radius 2 is 0.712 bits per heavy atom. The van der Waals surface area contributed by atoms with Crippen LogP contribution in [0.25, 0.3) is 72.5 Å². The highest BCUT2D eigenvalue weighted by Gasteiger charge is 2.31. The van der Waals surface area contributed by atoms with Crippen LogP contribution >= 0.6 is 56.7 Å². The van der Waals surface area contributed by atoms with Gasteiger partial charge in [-0.25, -0.2) is 0 Å². The third-order valence-electron chi connectivity index (χ3n) is 14.8. The predicted octanol–water partition coefficient (Wildman–Crippen LogP) is 22.5. The maximum absolute atomic E-state index is 9.57. The van der Waals surface area contributed by atoms with E-state index in [9.17, 15) is 21.0 Å². The average molecular weight is 1070 g/mol. The standard InChI is InChI=1S/C62H78N6S5/c1-5-9-13-17-21-25-29-47(30-26-22-18-14-10-6-2)67-51-39-55(53-35-33-49(69-53)37-45(41-63)42-64)71-59(51)61-57(67)58-62(73-61)60-52(40-56(72-60)54-36-34-50(70-54)38-46(43-65)44-66)68(58)48(31-27-23-19-15-11-7-3)32-28-24-20-16-12-8-4/h33-40,47-48H,5-32H2,1-4H3. The molecule has 0 saturated heterocycles. The highest BCUT2D eigenvalue weighted by molar-refractivity contribution is 7.36. The second kappa shape index (κ2) is 29.6. The summed E-state index contributed by atoms with van der Waals surface area (Å²) in [5.41, 5.74) is 5.93. The number of thiophene rings is 5. The number of hydrogen-bond acceptors (Lipinski definition) is 9. The molecule has 7 rings (SSSR count). The minimum absolute atomic E-state index is 0.133. The van der Waals surface area contributed by atoms with Crippen LogP contribution < -0.4 is 0 Å². The molecule has 386 valence electrons. The van der Waals surface area contributed by atoms with E-state index in [1.807, 2.05) is 34.0 Å². The molecule has 7 aromatic heterocycles. The van der Waals surface area contributed by atoms with Crippen molar-refractivity contribution in [2.75, 3.05) is 0 Å². The van der Waals surface area contributed by atoms with Gasteiger partial charge in [-0.3, -0.25) is 0 Å². The second-order valence-electron chi connectivity index (χ2n) is 20.3. The summed E-state index contributed by atoms with van der Waals surface area (Å²) in [6, 6.07) is 22.5. The molecule has 7 aromatic rings. The number of nitriles is 4. The molecule has 0 bridgehead atoms. The molecular formula is C62H78N6S5. The first kappa shape index (κ1) is 56.3. The van der Waals surface area contributed by atoms with Crippen molar-refractivity contribution in [2.24, 2.45) is 0 Å². The van der Waals surface area contributed by atoms with Crippen molar-refractivity contribution in [3.63, 3.8) is 0 Å². The molecule has 73 heavy (non-hydrogen) atoms. The van der Waals surface area contributed by atoms with Crippen molar-refractivity contribution in [2.45, 2.75) is 220 Å². The van der Waals surface area contributed by atoms with Crippen molar-refractivity contribution >= 4 is 110 Å². The van der Waals surface area contributed by atoms with E-state index in [1.165, 1.54) is 240 Å². The van der Waals surface area contributed by atoms with Crippen LogP contribution in [-0.2, 0) is 0 Å². The topological polar surface area (TPSA) is 105 Å². The molecule has 0 unspecified atom stereocenters. The Hall–Kier alpha value is -4.46. The zero-order valence-corrected chi connectivity index (χ0v) is 48.4. The Morgan fingerprint density at radius 1 is 0.397 bits per heavy atom. The first-order valence-electron chi connectivity index (χ1n) is 28.2. The van der Waals surface area contributed by atoms with Crippen LogP contribution in [0.2, 0.25) is 0 Å². The third-order valence-corrected chi connectivity index (χ3v) is 21.0. The van der Waals surface area contributed by atoms with Crippen molar-refractivity contribution in [3.8, 4) is 43.8 Å². The zero-order chi connectivity index (χ0) is 51.4. The Labute approximate surface area is 457 Å². The fourth-order valence-corrected chi connectivity index (χ4v) is 16.8. The molecule has 0 saturated carbocycles. The zero-order valence-electron chi connectivity index (χ0n) is 44.3. The lowest BCUT2D eigenvalue weighted by atomic mass is 9.99. The molecule has 0 aliphatic carbocycles. The van der Waals surface area contributed by atoms with E-state index in [0.717, 1.165) is 9.75 Å². The van der Waals surface area contributed by atoms with E-state index in [1.54, 1.807) is 34.8 Å². The normalized spacial score (nSPS) is 11.6. The smallest absolute Gasteiger partial charge is 0.131 e. The van der Waals surface area contributed by atoms with Crippen molar-refractivity contribution in [1.29, 1.82) is 21.0 Å². The fraction of sp³-hybridized carbons (Fsp3) is 0.548. The van der Waals surface area contributed by atoms with Gasteiger partial charge in [0.1, 0.15) is 35.4 Å². The maximum atomic E-state index is 9.57. The quantitative estimate of drug-likeness (QED) is 0.0296. The first-order valence-corrected chi connectivity index (χ1v) is 32.3. The molecule has 6 nitrogen and oxygen atoms in total. The molecule has 0 amide bonds. The minimum atomic E-state index is 0.133. The average Bonchev–Trinajstić information content (AvgIpc) is 4.28. The van der Waals surface area contributed by atoms with Gasteiger partial charge in [0.2, 0.25) is 0 Å². The van der Waals surface area contributed by atoms with Gasteiger partial charge < -0.3 is 9.13 Å². The fourth-order valence-electron chi connectivity index (χ4n) is 10.9. The molecular weight excluding hydrogens is 989 g/mol. The number of allylic oxidation sites excluding steroid dienone is 2. The summed E-state index contributed by atoms with van der Waals surface area (Å²) in [5.74, 6) is 0. The van der Waals surface area contributed by atoms with Crippen LogP contribution in [0.5, 0.6) is 0 Å². The van der Waals surface area contributed by atoms with Gasteiger partial charge in [-0.1, -0.05) is 182 Å². The van der Waals surface area contributed by atoms with Crippen LogP contribution in [0.4, 0.5) is 0 Å². The summed E-state index contributed by atoms with van der Waals surface area (Å²) in [6.45, 7) is 9.25. The van der Waals surface area contributed by atoms with Crippen LogP contribution in [0.1, 0.15) is 229 Å². The van der Waals surface area contributed by atoms with Gasteiger partial charge in [-0.05, 0) is 74.2 Å². The monoisotopic (exact) mass is 1070 g/mol. The van der Waals surface area contributed by atoms with Gasteiger partial charge in [0.25, 0.3) is 0 Å². The van der Waals surface area contributed by atoms with Crippen molar-refractivity contribution in [1.82, 2.24) is 9.13 Å². The summed E-state index contributed by atoms with van der Waals surface area (Å²) in [4.78, 5) is 6.74. The summed E-state index contributed by atoms with van der Waals surface area (Å²) in [6.07, 6.45) is 39.2. The van der Waals surface area contributed by atoms with Crippen LogP contribution in [-0.4, -0.2) is 9.13 Å². The molecule has 0 aliphatic rings. The van der Waals surface area contributed by atoms with Gasteiger partial charge in [0, 0.05) is 41.3 Å². The number of aromatic nitrogens is 2. The molecule has 0 aromatic carbocycles. The van der Waals surface area contributed by atoms with Crippen molar-refractivity contribution in [3.05, 3.63) is 57.3 Å². The van der Waals surface area contributed by atoms with E-state index in [-0.39, 0.29) is 11.1 Å². The van der Waals surface area contributed by atoms with E-state index < -0.39 is 0 Å². The summed E-state index contributed by atoms with van der Waals surface area (Å²) in [5, 5.41) is 38.3. The van der Waals surface area contributed by atoms with Gasteiger partial charge >= 0.3 is 0 Å². The van der Waals surface area contributed by atoms with Gasteiger partial charge in [-0.15, -0.1) is 56.7 Å². The van der Waals surface area contributed by atoms with Gasteiger partial charge in [0.15, 0.2) is 0 Å². The molecule has 7 heterocycles. The summed E-state index contributed by atoms with van der Waals surface area (Å²) >= 11 is 9.22. The molecule has 0 radical (unpaired) electrons. The van der Waals surface area contributed by atoms with Crippen LogP contribution in [0.3, 0.4) is 0 Å². The summed E-state index contributed by atoms with van der Waals surface area (Å²) < 4.78 is 11.4. The van der Waals surface area contributed by atoms with Gasteiger partial charge in [-0.2, -0.15) is 21.0 Å². The Morgan fingerprint density at radius 3 is 1.03 bits per heavy atom. The van der Waals surface area contributed by atoms with Crippen LogP contribution in [0, 0.1) is 45.3 Å². The second-order valence-corrected chi connectivity index (χ2v) is 25.7. The van der Waals surface area contributed by atoms with Gasteiger partial charge in [0.05, 0.1) is 40.9 Å². The van der Waals surface area contributed by atoms with E-state index in [0.29, 0.717) is 12.1 Å². The number of fused-ring (bicyclic) bond motifs is 7. The Bertz CT molecular complexity index is 2800. The SMILES string of the molecule is CCCCCCCCC(CCCCCCCC)n1c2cc(-c3ccc(C=C(C#N)C#N)s3)sc2c2sc3c4sc(-c5ccc(C=C(C#N)C#N)s5)cc4n(C(CCCCCCCC)CCCCCCCC)c3c21. The molecule has 0 fully saturated rings. The number of rotatable bonds is 34. The highest BCUT2D eigenvalue weighted by Crippen LogP contribution is 2.54. The predicted molar refractivity (Wildman–Crippen MR) is 321 cm³/mol.